The Kier molecular flexibility index (Phi) is 5.89. The summed E-state index contributed by atoms with van der Waals surface area (Å²) >= 11 is 8.26. The highest BCUT2D eigenvalue weighted by Crippen LogP contribution is 2.40. The second kappa shape index (κ2) is 8.57. The van der Waals surface area contributed by atoms with E-state index >= 15 is 0 Å². The Bertz CT molecular complexity index is 1090. The first kappa shape index (κ1) is 19.9. The molecule has 2 heterocycles. The van der Waals surface area contributed by atoms with Gasteiger partial charge in [-0.1, -0.05) is 29.8 Å². The van der Waals surface area contributed by atoms with E-state index < -0.39 is 0 Å². The molecule has 0 radical (unpaired) electrons. The zero-order valence-corrected chi connectivity index (χ0v) is 17.6. The Labute approximate surface area is 178 Å². The summed E-state index contributed by atoms with van der Waals surface area (Å²) in [4.78, 5) is 19.8. The monoisotopic (exact) mass is 428 g/mol. The van der Waals surface area contributed by atoms with Crippen LogP contribution in [0.5, 0.6) is 0 Å². The van der Waals surface area contributed by atoms with E-state index in [0.29, 0.717) is 30.5 Å². The lowest BCUT2D eigenvalue weighted by Crippen LogP contribution is -2.21. The van der Waals surface area contributed by atoms with Crippen molar-refractivity contribution in [3.63, 3.8) is 0 Å². The third-order valence-electron chi connectivity index (χ3n) is 4.72. The van der Waals surface area contributed by atoms with Crippen LogP contribution in [0.25, 0.3) is 22.0 Å². The van der Waals surface area contributed by atoms with Gasteiger partial charge in [-0.3, -0.25) is 4.79 Å². The van der Waals surface area contributed by atoms with Crippen LogP contribution >= 0.6 is 23.4 Å². The minimum absolute atomic E-state index is 0.0218. The second-order valence-electron chi connectivity index (χ2n) is 6.86. The van der Waals surface area contributed by atoms with Gasteiger partial charge >= 0.3 is 0 Å². The van der Waals surface area contributed by atoms with Crippen molar-refractivity contribution in [1.29, 1.82) is 0 Å². The number of nitrogens with one attached hydrogen (secondary N) is 1. The molecule has 3 aromatic rings. The van der Waals surface area contributed by atoms with Crippen LogP contribution in [0.2, 0.25) is 5.02 Å². The van der Waals surface area contributed by atoms with Gasteiger partial charge in [-0.05, 0) is 40.5 Å². The number of nitrogens with two attached hydrogens (primary N) is 1. The van der Waals surface area contributed by atoms with Gasteiger partial charge in [-0.2, -0.15) is 0 Å². The zero-order valence-electron chi connectivity index (χ0n) is 16.0. The van der Waals surface area contributed by atoms with Crippen molar-refractivity contribution in [3.05, 3.63) is 46.5 Å². The number of nitrogen functional groups attached to an aromatic ring is 1. The molecule has 0 unspecified atom stereocenters. The fourth-order valence-corrected chi connectivity index (χ4v) is 4.72. The standard InChI is InChI=1S/C21H21ClN4O2S/c1-12(27)24-6-3-7-29-18-9-17(25-21(23)26-18)20-15-5-2-4-13-10-28-11-14(19(13)15)8-16(20)22/h2,4-5,8-9H,3,6-7,10-11H2,1H3,(H,24,27)(H2,23,25,26). The number of anilines is 1. The molecule has 0 atom stereocenters. The Morgan fingerprint density at radius 1 is 1.28 bits per heavy atom. The number of carbonyl (C=O) groups excluding carboxylic acids is 1. The van der Waals surface area contributed by atoms with Crippen LogP contribution in [-0.2, 0) is 22.7 Å². The first-order valence-corrected chi connectivity index (χ1v) is 10.7. The number of aromatic nitrogens is 2. The van der Waals surface area contributed by atoms with Gasteiger partial charge in [-0.25, -0.2) is 9.97 Å². The van der Waals surface area contributed by atoms with Crippen molar-refractivity contribution in [3.8, 4) is 11.3 Å². The third kappa shape index (κ3) is 4.32. The SMILES string of the molecule is CC(=O)NCCCSc1cc(-c2c(Cl)cc3c4c(cccc24)COC3)nc(N)n1. The number of nitrogens with zero attached hydrogens (tertiary/aromatic N) is 2. The van der Waals surface area contributed by atoms with Gasteiger partial charge in [0, 0.05) is 24.8 Å². The van der Waals surface area contributed by atoms with Gasteiger partial charge in [0.25, 0.3) is 0 Å². The average molecular weight is 429 g/mol. The molecule has 0 saturated heterocycles. The van der Waals surface area contributed by atoms with Crippen LogP contribution in [0, 0.1) is 0 Å². The lowest BCUT2D eigenvalue weighted by molar-refractivity contribution is -0.118. The summed E-state index contributed by atoms with van der Waals surface area (Å²) in [7, 11) is 0. The number of hydrogen-bond acceptors (Lipinski definition) is 6. The average Bonchev–Trinajstić information content (AvgIpc) is 2.67. The van der Waals surface area contributed by atoms with E-state index in [1.54, 1.807) is 11.8 Å². The van der Waals surface area contributed by atoms with Crippen LogP contribution in [0.3, 0.4) is 0 Å². The summed E-state index contributed by atoms with van der Waals surface area (Å²) in [5.74, 6) is 1.00. The summed E-state index contributed by atoms with van der Waals surface area (Å²) in [5, 5.41) is 6.43. The lowest BCUT2D eigenvalue weighted by Gasteiger charge is -2.20. The Balaban J connectivity index is 1.68. The molecule has 0 spiro atoms. The summed E-state index contributed by atoms with van der Waals surface area (Å²) in [6.45, 7) is 3.29. The van der Waals surface area contributed by atoms with Gasteiger partial charge in [0.1, 0.15) is 5.03 Å². The van der Waals surface area contributed by atoms with E-state index in [1.165, 1.54) is 12.3 Å². The van der Waals surface area contributed by atoms with Gasteiger partial charge in [0.2, 0.25) is 11.9 Å². The highest BCUT2D eigenvalue weighted by atomic mass is 35.5. The van der Waals surface area contributed by atoms with Crippen molar-refractivity contribution in [2.45, 2.75) is 31.6 Å². The first-order valence-electron chi connectivity index (χ1n) is 9.36. The molecule has 0 aliphatic carbocycles. The van der Waals surface area contributed by atoms with E-state index in [2.05, 4.69) is 27.4 Å². The van der Waals surface area contributed by atoms with E-state index in [1.807, 2.05) is 18.2 Å². The molecule has 3 N–H and O–H groups in total. The first-order chi connectivity index (χ1) is 14.0. The molecule has 6 nitrogen and oxygen atoms in total. The fraction of sp³-hybridized carbons (Fsp3) is 0.286. The lowest BCUT2D eigenvalue weighted by atomic mass is 9.93. The minimum atomic E-state index is -0.0218. The smallest absolute Gasteiger partial charge is 0.221 e. The maximum Gasteiger partial charge on any atom is 0.221 e. The van der Waals surface area contributed by atoms with Crippen LogP contribution < -0.4 is 11.1 Å². The number of benzene rings is 2. The maximum absolute atomic E-state index is 11.0. The predicted octanol–water partition coefficient (Wildman–Crippen LogP) is 4.18. The normalized spacial score (nSPS) is 12.9. The van der Waals surface area contributed by atoms with Gasteiger partial charge in [0.05, 0.1) is 23.9 Å². The largest absolute Gasteiger partial charge is 0.372 e. The molecule has 150 valence electrons. The highest BCUT2D eigenvalue weighted by molar-refractivity contribution is 7.99. The molecule has 29 heavy (non-hydrogen) atoms. The van der Waals surface area contributed by atoms with Gasteiger partial charge in [0.15, 0.2) is 0 Å². The summed E-state index contributed by atoms with van der Waals surface area (Å²) < 4.78 is 5.67. The van der Waals surface area contributed by atoms with E-state index in [4.69, 9.17) is 22.1 Å². The van der Waals surface area contributed by atoms with Crippen molar-refractivity contribution in [1.82, 2.24) is 15.3 Å². The number of thioether (sulfide) groups is 1. The van der Waals surface area contributed by atoms with Crippen molar-refractivity contribution in [2.24, 2.45) is 0 Å². The molecule has 2 aromatic carbocycles. The summed E-state index contributed by atoms with van der Waals surface area (Å²) in [6.07, 6.45) is 0.839. The van der Waals surface area contributed by atoms with Gasteiger partial charge < -0.3 is 15.8 Å². The second-order valence-corrected chi connectivity index (χ2v) is 8.38. The summed E-state index contributed by atoms with van der Waals surface area (Å²) in [5.41, 5.74) is 9.81. The number of amides is 1. The van der Waals surface area contributed by atoms with E-state index in [9.17, 15) is 4.79 Å². The van der Waals surface area contributed by atoms with Crippen molar-refractivity contribution in [2.75, 3.05) is 18.0 Å². The molecule has 1 aliphatic heterocycles. The van der Waals surface area contributed by atoms with Crippen LogP contribution in [0.15, 0.2) is 35.4 Å². The number of carbonyl (C=O) groups is 1. The Hall–Kier alpha value is -2.35. The fourth-order valence-electron chi connectivity index (χ4n) is 3.54. The highest BCUT2D eigenvalue weighted by Gasteiger charge is 2.20. The van der Waals surface area contributed by atoms with Crippen LogP contribution in [0.1, 0.15) is 24.5 Å². The van der Waals surface area contributed by atoms with Crippen LogP contribution in [0.4, 0.5) is 5.95 Å². The molecule has 1 amide bonds. The molecule has 8 heteroatoms. The van der Waals surface area contributed by atoms with Crippen molar-refractivity contribution < 1.29 is 9.53 Å². The van der Waals surface area contributed by atoms with Gasteiger partial charge in [-0.15, -0.1) is 11.8 Å². The zero-order chi connectivity index (χ0) is 20.4. The van der Waals surface area contributed by atoms with E-state index in [0.717, 1.165) is 39.3 Å². The molecule has 4 rings (SSSR count). The van der Waals surface area contributed by atoms with Crippen LogP contribution in [-0.4, -0.2) is 28.2 Å². The number of hydrogen-bond donors (Lipinski definition) is 2. The molecule has 0 bridgehead atoms. The molecule has 1 aliphatic rings. The molecular formula is C21H21ClN4O2S. The Morgan fingerprint density at radius 2 is 2.10 bits per heavy atom. The summed E-state index contributed by atoms with van der Waals surface area (Å²) in [6, 6.07) is 10.0. The Morgan fingerprint density at radius 3 is 2.93 bits per heavy atom. The minimum Gasteiger partial charge on any atom is -0.372 e. The number of halogens is 1. The van der Waals surface area contributed by atoms with Crippen molar-refractivity contribution >= 4 is 46.0 Å². The topological polar surface area (TPSA) is 90.1 Å². The maximum atomic E-state index is 11.0. The number of rotatable bonds is 6. The van der Waals surface area contributed by atoms with E-state index in [-0.39, 0.29) is 11.9 Å². The quantitative estimate of drug-likeness (QED) is 0.347. The number of ether oxygens (including phenoxy) is 1. The third-order valence-corrected chi connectivity index (χ3v) is 6.01. The molecule has 0 saturated carbocycles. The predicted molar refractivity (Wildman–Crippen MR) is 117 cm³/mol. The molecular weight excluding hydrogens is 408 g/mol. The molecule has 1 aromatic heterocycles. The molecule has 0 fully saturated rings.